The van der Waals surface area contributed by atoms with E-state index < -0.39 is 0 Å². The van der Waals surface area contributed by atoms with Gasteiger partial charge in [-0.3, -0.25) is 0 Å². The van der Waals surface area contributed by atoms with E-state index in [1.165, 1.54) is 5.56 Å². The van der Waals surface area contributed by atoms with Crippen molar-refractivity contribution in [3.05, 3.63) is 29.7 Å². The Bertz CT molecular complexity index is 487. The van der Waals surface area contributed by atoms with E-state index in [1.807, 2.05) is 13.0 Å². The zero-order chi connectivity index (χ0) is 11.1. The van der Waals surface area contributed by atoms with Crippen LogP contribution in [-0.4, -0.2) is 10.7 Å². The number of thiol groups is 1. The standard InChI is InChI=1S/C12H15NOS/c1-8-13-10-5-4-9(6-11(10)14-8)12(2,3)7-15/h4-6,15H,7H2,1-3H3. The summed E-state index contributed by atoms with van der Waals surface area (Å²) in [7, 11) is 0. The third kappa shape index (κ3) is 1.88. The fraction of sp³-hybridized carbons (Fsp3) is 0.417. The van der Waals surface area contributed by atoms with Crippen molar-refractivity contribution in [3.8, 4) is 0 Å². The van der Waals surface area contributed by atoms with Crippen molar-refractivity contribution >= 4 is 23.7 Å². The monoisotopic (exact) mass is 221 g/mol. The quantitative estimate of drug-likeness (QED) is 0.787. The Labute approximate surface area is 95.1 Å². The van der Waals surface area contributed by atoms with Crippen LogP contribution in [0.4, 0.5) is 0 Å². The maximum Gasteiger partial charge on any atom is 0.192 e. The summed E-state index contributed by atoms with van der Waals surface area (Å²) < 4.78 is 5.51. The molecule has 2 nitrogen and oxygen atoms in total. The summed E-state index contributed by atoms with van der Waals surface area (Å²) in [6.45, 7) is 6.21. The summed E-state index contributed by atoms with van der Waals surface area (Å²) in [6.07, 6.45) is 0. The van der Waals surface area contributed by atoms with E-state index in [2.05, 4.69) is 43.6 Å². The van der Waals surface area contributed by atoms with Crippen molar-refractivity contribution in [2.75, 3.05) is 5.75 Å². The molecule has 3 heteroatoms. The molecule has 0 fully saturated rings. The van der Waals surface area contributed by atoms with E-state index in [4.69, 9.17) is 4.42 Å². The van der Waals surface area contributed by atoms with E-state index in [-0.39, 0.29) is 5.41 Å². The van der Waals surface area contributed by atoms with Crippen LogP contribution < -0.4 is 0 Å². The lowest BCUT2D eigenvalue weighted by Crippen LogP contribution is -2.18. The van der Waals surface area contributed by atoms with E-state index in [9.17, 15) is 0 Å². The Morgan fingerprint density at radius 1 is 1.40 bits per heavy atom. The molecule has 2 rings (SSSR count). The fourth-order valence-electron chi connectivity index (χ4n) is 1.55. The molecule has 0 spiro atoms. The van der Waals surface area contributed by atoms with Gasteiger partial charge in [0.2, 0.25) is 0 Å². The fourth-order valence-corrected chi connectivity index (χ4v) is 1.73. The van der Waals surface area contributed by atoms with Crippen molar-refractivity contribution in [1.82, 2.24) is 4.98 Å². The van der Waals surface area contributed by atoms with Crippen molar-refractivity contribution < 1.29 is 4.42 Å². The topological polar surface area (TPSA) is 26.0 Å². The number of aromatic nitrogens is 1. The molecule has 1 heterocycles. The summed E-state index contributed by atoms with van der Waals surface area (Å²) in [6, 6.07) is 6.17. The first-order valence-corrected chi connectivity index (χ1v) is 5.65. The van der Waals surface area contributed by atoms with E-state index in [1.54, 1.807) is 0 Å². The van der Waals surface area contributed by atoms with E-state index in [0.29, 0.717) is 5.89 Å². The maximum absolute atomic E-state index is 5.51. The van der Waals surface area contributed by atoms with Crippen LogP contribution in [-0.2, 0) is 5.41 Å². The molecular formula is C12H15NOS. The molecular weight excluding hydrogens is 206 g/mol. The molecule has 0 unspecified atom stereocenters. The molecule has 0 saturated heterocycles. The van der Waals surface area contributed by atoms with Gasteiger partial charge in [0.25, 0.3) is 0 Å². The molecule has 2 aromatic rings. The Hall–Kier alpha value is -0.960. The van der Waals surface area contributed by atoms with Gasteiger partial charge in [-0.15, -0.1) is 0 Å². The lowest BCUT2D eigenvalue weighted by atomic mass is 9.87. The number of aryl methyl sites for hydroxylation is 1. The van der Waals surface area contributed by atoms with Gasteiger partial charge in [-0.2, -0.15) is 12.6 Å². The van der Waals surface area contributed by atoms with Crippen molar-refractivity contribution in [3.63, 3.8) is 0 Å². The summed E-state index contributed by atoms with van der Waals surface area (Å²) in [5.74, 6) is 1.52. The smallest absolute Gasteiger partial charge is 0.192 e. The molecule has 0 aliphatic carbocycles. The molecule has 0 amide bonds. The summed E-state index contributed by atoms with van der Waals surface area (Å²) in [5.41, 5.74) is 3.09. The second-order valence-electron chi connectivity index (χ2n) is 4.46. The zero-order valence-corrected chi connectivity index (χ0v) is 10.1. The van der Waals surface area contributed by atoms with Crippen LogP contribution >= 0.6 is 12.6 Å². The predicted molar refractivity (Wildman–Crippen MR) is 65.6 cm³/mol. The minimum Gasteiger partial charge on any atom is -0.441 e. The first-order valence-electron chi connectivity index (χ1n) is 5.01. The minimum atomic E-state index is 0.0675. The second-order valence-corrected chi connectivity index (χ2v) is 4.77. The largest absolute Gasteiger partial charge is 0.441 e. The first-order chi connectivity index (χ1) is 7.03. The molecule has 0 aliphatic rings. The molecule has 1 aromatic carbocycles. The first kappa shape index (κ1) is 10.6. The van der Waals surface area contributed by atoms with E-state index >= 15 is 0 Å². The molecule has 1 aromatic heterocycles. The maximum atomic E-state index is 5.51. The van der Waals surface area contributed by atoms with Gasteiger partial charge in [0.05, 0.1) is 0 Å². The highest BCUT2D eigenvalue weighted by Gasteiger charge is 2.19. The van der Waals surface area contributed by atoms with Crippen molar-refractivity contribution in [2.24, 2.45) is 0 Å². The Morgan fingerprint density at radius 2 is 2.13 bits per heavy atom. The van der Waals surface area contributed by atoms with Crippen LogP contribution in [0.3, 0.4) is 0 Å². The molecule has 0 atom stereocenters. The molecule has 0 aliphatic heterocycles. The third-order valence-electron chi connectivity index (χ3n) is 2.67. The summed E-state index contributed by atoms with van der Waals surface area (Å²) in [5, 5.41) is 0. The van der Waals surface area contributed by atoms with Gasteiger partial charge in [-0.1, -0.05) is 19.9 Å². The van der Waals surface area contributed by atoms with Crippen LogP contribution in [0.5, 0.6) is 0 Å². The molecule has 15 heavy (non-hydrogen) atoms. The van der Waals surface area contributed by atoms with Gasteiger partial charge in [0.15, 0.2) is 11.5 Å². The van der Waals surface area contributed by atoms with Gasteiger partial charge in [0.1, 0.15) is 5.52 Å². The number of benzene rings is 1. The second kappa shape index (κ2) is 3.56. The average Bonchev–Trinajstić information content (AvgIpc) is 2.56. The zero-order valence-electron chi connectivity index (χ0n) is 9.24. The lowest BCUT2D eigenvalue weighted by Gasteiger charge is -2.22. The van der Waals surface area contributed by atoms with Crippen molar-refractivity contribution in [1.29, 1.82) is 0 Å². The Balaban J connectivity index is 2.55. The van der Waals surface area contributed by atoms with Crippen LogP contribution in [0.15, 0.2) is 22.6 Å². The predicted octanol–water partition coefficient (Wildman–Crippen LogP) is 3.34. The van der Waals surface area contributed by atoms with Gasteiger partial charge < -0.3 is 4.42 Å². The van der Waals surface area contributed by atoms with Gasteiger partial charge >= 0.3 is 0 Å². The number of oxazole rings is 1. The van der Waals surface area contributed by atoms with Crippen LogP contribution in [0.1, 0.15) is 25.3 Å². The van der Waals surface area contributed by atoms with Gasteiger partial charge in [0, 0.05) is 6.92 Å². The highest BCUT2D eigenvalue weighted by Crippen LogP contribution is 2.27. The van der Waals surface area contributed by atoms with Crippen LogP contribution in [0, 0.1) is 6.92 Å². The number of hydrogen-bond acceptors (Lipinski definition) is 3. The summed E-state index contributed by atoms with van der Waals surface area (Å²) in [4.78, 5) is 4.28. The number of rotatable bonds is 2. The van der Waals surface area contributed by atoms with Crippen LogP contribution in [0.2, 0.25) is 0 Å². The molecule has 0 N–H and O–H groups in total. The molecule has 0 bridgehead atoms. The number of fused-ring (bicyclic) bond motifs is 1. The summed E-state index contributed by atoms with van der Waals surface area (Å²) >= 11 is 4.37. The molecule has 80 valence electrons. The molecule has 0 radical (unpaired) electrons. The van der Waals surface area contributed by atoms with Gasteiger partial charge in [-0.25, -0.2) is 4.98 Å². The van der Waals surface area contributed by atoms with Gasteiger partial charge in [-0.05, 0) is 28.9 Å². The van der Waals surface area contributed by atoms with E-state index in [0.717, 1.165) is 16.9 Å². The van der Waals surface area contributed by atoms with Crippen molar-refractivity contribution in [2.45, 2.75) is 26.2 Å². The number of nitrogens with zero attached hydrogens (tertiary/aromatic N) is 1. The van der Waals surface area contributed by atoms with Crippen LogP contribution in [0.25, 0.3) is 11.1 Å². The minimum absolute atomic E-state index is 0.0675. The highest BCUT2D eigenvalue weighted by molar-refractivity contribution is 7.80. The highest BCUT2D eigenvalue weighted by atomic mass is 32.1. The normalized spacial score (nSPS) is 12.3. The Kier molecular flexibility index (Phi) is 2.51. The average molecular weight is 221 g/mol. The Morgan fingerprint density at radius 3 is 2.80 bits per heavy atom. The lowest BCUT2D eigenvalue weighted by molar-refractivity contribution is 0.557. The molecule has 0 saturated carbocycles. The number of hydrogen-bond donors (Lipinski definition) is 1. The SMILES string of the molecule is Cc1nc2ccc(C(C)(C)CS)cc2o1. The third-order valence-corrected chi connectivity index (χ3v) is 3.46.